The second kappa shape index (κ2) is 5.12. The van der Waals surface area contributed by atoms with Gasteiger partial charge in [0.2, 0.25) is 0 Å². The van der Waals surface area contributed by atoms with Crippen molar-refractivity contribution >= 4 is 23.5 Å². The molecule has 1 aromatic rings. The highest BCUT2D eigenvalue weighted by Gasteiger charge is 2.38. The van der Waals surface area contributed by atoms with Crippen LogP contribution >= 0.6 is 0 Å². The van der Waals surface area contributed by atoms with E-state index in [0.29, 0.717) is 11.1 Å². The van der Waals surface area contributed by atoms with Crippen LogP contribution < -0.4 is 0 Å². The van der Waals surface area contributed by atoms with E-state index in [4.69, 9.17) is 10.2 Å². The lowest BCUT2D eigenvalue weighted by Gasteiger charge is -2.28. The molecule has 1 aliphatic heterocycles. The van der Waals surface area contributed by atoms with E-state index >= 15 is 0 Å². The fourth-order valence-corrected chi connectivity index (χ4v) is 2.02. The second-order valence-corrected chi connectivity index (χ2v) is 4.23. The molecule has 2 amide bonds. The number of aliphatic carboxylic acids is 1. The van der Waals surface area contributed by atoms with Crippen LogP contribution in [-0.4, -0.2) is 39.1 Å². The van der Waals surface area contributed by atoms with Crippen molar-refractivity contribution < 1.29 is 29.0 Å². The normalized spacial score (nSPS) is 18.6. The fourth-order valence-electron chi connectivity index (χ4n) is 2.02. The van der Waals surface area contributed by atoms with Crippen LogP contribution in [0.4, 0.5) is 9.18 Å². The minimum Gasteiger partial charge on any atom is -0.480 e. The Hall–Kier alpha value is -2.70. The highest BCUT2D eigenvalue weighted by atomic mass is 19.1. The van der Waals surface area contributed by atoms with Crippen LogP contribution in [0, 0.1) is 5.82 Å². The molecule has 0 spiro atoms. The van der Waals surface area contributed by atoms with Gasteiger partial charge < -0.3 is 10.2 Å². The summed E-state index contributed by atoms with van der Waals surface area (Å²) in [6.07, 6.45) is -0.711. The first kappa shape index (κ1) is 13.7. The number of halogens is 1. The molecule has 2 N–H and O–H groups in total. The van der Waals surface area contributed by atoms with Crippen LogP contribution in [0.15, 0.2) is 30.3 Å². The van der Waals surface area contributed by atoms with Crippen molar-refractivity contribution in [2.75, 3.05) is 0 Å². The van der Waals surface area contributed by atoms with E-state index in [2.05, 4.69) is 0 Å². The van der Waals surface area contributed by atoms with Crippen molar-refractivity contribution in [3.8, 4) is 0 Å². The van der Waals surface area contributed by atoms with Gasteiger partial charge in [0.1, 0.15) is 11.9 Å². The van der Waals surface area contributed by atoms with Gasteiger partial charge in [-0.15, -0.1) is 0 Å². The summed E-state index contributed by atoms with van der Waals surface area (Å²) >= 11 is 0. The van der Waals surface area contributed by atoms with Crippen LogP contribution in [0.3, 0.4) is 0 Å². The molecule has 0 radical (unpaired) electrons. The van der Waals surface area contributed by atoms with E-state index in [1.807, 2.05) is 0 Å². The Morgan fingerprint density at radius 2 is 1.80 bits per heavy atom. The molecular formula is C13H10FNO5. The molecule has 0 aliphatic carbocycles. The molecule has 6 nitrogen and oxygen atoms in total. The predicted octanol–water partition coefficient (Wildman–Crippen LogP) is 1.57. The van der Waals surface area contributed by atoms with Crippen LogP contribution in [0.5, 0.6) is 0 Å². The van der Waals surface area contributed by atoms with Gasteiger partial charge in [0.25, 0.3) is 5.91 Å². The lowest BCUT2D eigenvalue weighted by Crippen LogP contribution is -2.49. The summed E-state index contributed by atoms with van der Waals surface area (Å²) in [6.45, 7) is 0. The first-order valence-corrected chi connectivity index (χ1v) is 5.65. The number of benzene rings is 1. The Labute approximate surface area is 112 Å². The lowest BCUT2D eigenvalue weighted by molar-refractivity contribution is -0.147. The molecule has 0 saturated carbocycles. The Morgan fingerprint density at radius 1 is 1.20 bits per heavy atom. The smallest absolute Gasteiger partial charge is 0.415 e. The van der Waals surface area contributed by atoms with E-state index in [1.165, 1.54) is 24.3 Å². The summed E-state index contributed by atoms with van der Waals surface area (Å²) < 4.78 is 12.8. The molecule has 7 heteroatoms. The quantitative estimate of drug-likeness (QED) is 0.856. The van der Waals surface area contributed by atoms with Gasteiger partial charge in [0.15, 0.2) is 0 Å². The number of hydrogen-bond acceptors (Lipinski definition) is 3. The molecule has 1 unspecified atom stereocenters. The summed E-state index contributed by atoms with van der Waals surface area (Å²) in [5.41, 5.74) is 0.843. The average Bonchev–Trinajstić information content (AvgIpc) is 2.37. The summed E-state index contributed by atoms with van der Waals surface area (Å²) in [5.74, 6) is -2.79. The number of carboxylic acids is 1. The zero-order valence-electron chi connectivity index (χ0n) is 10.1. The standard InChI is InChI=1S/C13H10FNO5/c14-9-3-1-7(2-4-9)8-5-10(12(17)18)15(13(19)20)11(16)6-8/h1-4,6,10H,5H2,(H,17,18)(H,19,20). The second-order valence-electron chi connectivity index (χ2n) is 4.23. The van der Waals surface area contributed by atoms with Crippen molar-refractivity contribution in [1.82, 2.24) is 4.90 Å². The van der Waals surface area contributed by atoms with Gasteiger partial charge in [-0.3, -0.25) is 4.79 Å². The zero-order chi connectivity index (χ0) is 14.9. The van der Waals surface area contributed by atoms with Gasteiger partial charge in [-0.25, -0.2) is 18.9 Å². The zero-order valence-corrected chi connectivity index (χ0v) is 10.1. The molecule has 104 valence electrons. The maximum Gasteiger partial charge on any atom is 0.415 e. The highest BCUT2D eigenvalue weighted by molar-refractivity contribution is 6.07. The number of imide groups is 1. The van der Waals surface area contributed by atoms with Crippen molar-refractivity contribution in [3.63, 3.8) is 0 Å². The molecule has 2 rings (SSSR count). The largest absolute Gasteiger partial charge is 0.480 e. The van der Waals surface area contributed by atoms with Crippen molar-refractivity contribution in [2.24, 2.45) is 0 Å². The lowest BCUT2D eigenvalue weighted by atomic mass is 9.94. The monoisotopic (exact) mass is 279 g/mol. The van der Waals surface area contributed by atoms with Gasteiger partial charge >= 0.3 is 12.1 Å². The van der Waals surface area contributed by atoms with E-state index in [-0.39, 0.29) is 11.3 Å². The van der Waals surface area contributed by atoms with E-state index in [9.17, 15) is 18.8 Å². The number of rotatable bonds is 2. The number of carbonyl (C=O) groups is 3. The summed E-state index contributed by atoms with van der Waals surface area (Å²) in [4.78, 5) is 34.0. The number of carboxylic acid groups (broad SMARTS) is 2. The molecule has 0 saturated heterocycles. The van der Waals surface area contributed by atoms with Gasteiger partial charge in [-0.2, -0.15) is 0 Å². The first-order chi connectivity index (χ1) is 9.40. The predicted molar refractivity (Wildman–Crippen MR) is 65.3 cm³/mol. The average molecular weight is 279 g/mol. The molecule has 1 atom stereocenters. The fraction of sp³-hybridized carbons (Fsp3) is 0.154. The number of nitrogens with zero attached hydrogens (tertiary/aromatic N) is 1. The Morgan fingerprint density at radius 3 is 2.30 bits per heavy atom. The van der Waals surface area contributed by atoms with E-state index < -0.39 is 29.8 Å². The van der Waals surface area contributed by atoms with Crippen molar-refractivity contribution in [1.29, 1.82) is 0 Å². The number of carbonyl (C=O) groups excluding carboxylic acids is 1. The van der Waals surface area contributed by atoms with Gasteiger partial charge in [0, 0.05) is 12.5 Å². The van der Waals surface area contributed by atoms with Crippen molar-refractivity contribution in [2.45, 2.75) is 12.5 Å². The topological polar surface area (TPSA) is 94.9 Å². The van der Waals surface area contributed by atoms with E-state index in [1.54, 1.807) is 0 Å². The third kappa shape index (κ3) is 2.51. The number of amides is 2. The van der Waals surface area contributed by atoms with Crippen LogP contribution in [0.2, 0.25) is 0 Å². The summed E-state index contributed by atoms with van der Waals surface area (Å²) in [6, 6.07) is 3.69. The maximum absolute atomic E-state index is 12.8. The minimum absolute atomic E-state index is 0.154. The first-order valence-electron chi connectivity index (χ1n) is 5.65. The summed E-state index contributed by atoms with van der Waals surface area (Å²) in [7, 11) is 0. The Bertz CT molecular complexity index is 608. The summed E-state index contributed by atoms with van der Waals surface area (Å²) in [5, 5.41) is 17.9. The van der Waals surface area contributed by atoms with Crippen LogP contribution in [-0.2, 0) is 9.59 Å². The highest BCUT2D eigenvalue weighted by Crippen LogP contribution is 2.27. The maximum atomic E-state index is 12.8. The molecule has 20 heavy (non-hydrogen) atoms. The SMILES string of the molecule is O=C(O)C1CC(c2ccc(F)cc2)=CC(=O)N1C(=O)O. The molecule has 0 bridgehead atoms. The van der Waals surface area contributed by atoms with Crippen LogP contribution in [0.1, 0.15) is 12.0 Å². The third-order valence-electron chi connectivity index (χ3n) is 2.97. The molecule has 1 heterocycles. The van der Waals surface area contributed by atoms with Crippen LogP contribution in [0.25, 0.3) is 5.57 Å². The Kier molecular flexibility index (Phi) is 3.51. The molecular weight excluding hydrogens is 269 g/mol. The molecule has 0 aromatic heterocycles. The third-order valence-corrected chi connectivity index (χ3v) is 2.97. The molecule has 1 aromatic carbocycles. The molecule has 0 fully saturated rings. The van der Waals surface area contributed by atoms with Crippen molar-refractivity contribution in [3.05, 3.63) is 41.7 Å². The van der Waals surface area contributed by atoms with Gasteiger partial charge in [-0.05, 0) is 23.3 Å². The van der Waals surface area contributed by atoms with E-state index in [0.717, 1.165) is 6.08 Å². The molecule has 1 aliphatic rings. The minimum atomic E-state index is -1.61. The van der Waals surface area contributed by atoms with Gasteiger partial charge in [-0.1, -0.05) is 12.1 Å². The number of hydrogen-bond donors (Lipinski definition) is 2. The van der Waals surface area contributed by atoms with Gasteiger partial charge in [0.05, 0.1) is 0 Å². The Balaban J connectivity index is 2.40.